The fraction of sp³-hybridized carbons (Fsp3) is 0.258. The molecule has 0 spiro atoms. The van der Waals surface area contributed by atoms with Gasteiger partial charge in [0, 0.05) is 23.7 Å². The number of nitrogens with one attached hydrogen (secondary N) is 1. The second-order valence-corrected chi connectivity index (χ2v) is 11.1. The Bertz CT molecular complexity index is 1480. The Morgan fingerprint density at radius 2 is 1.85 bits per heavy atom. The number of hydrogen-bond acceptors (Lipinski definition) is 6. The third-order valence-corrected chi connectivity index (χ3v) is 8.16. The summed E-state index contributed by atoms with van der Waals surface area (Å²) in [4.78, 5) is 32.3. The van der Waals surface area contributed by atoms with E-state index < -0.39 is 0 Å². The Balaban J connectivity index is 1.23. The van der Waals surface area contributed by atoms with Gasteiger partial charge in [0.05, 0.1) is 17.7 Å². The highest BCUT2D eigenvalue weighted by molar-refractivity contribution is 8.18. The van der Waals surface area contributed by atoms with Crippen LogP contribution >= 0.6 is 23.4 Å². The number of ether oxygens (including phenoxy) is 2. The molecular weight excluding hydrogens is 546 g/mol. The number of thioether (sulfide) groups is 1. The second kappa shape index (κ2) is 12.6. The molecule has 7 nitrogen and oxygen atoms in total. The van der Waals surface area contributed by atoms with Gasteiger partial charge in [0.15, 0.2) is 16.7 Å². The largest absolute Gasteiger partial charge is 0.493 e. The molecule has 3 aromatic rings. The number of benzene rings is 3. The van der Waals surface area contributed by atoms with E-state index in [1.807, 2.05) is 72.5 Å². The molecule has 0 bridgehead atoms. The van der Waals surface area contributed by atoms with E-state index in [1.165, 1.54) is 18.2 Å². The second-order valence-electron chi connectivity index (χ2n) is 9.61. The molecule has 9 heteroatoms. The molecule has 2 heterocycles. The third kappa shape index (κ3) is 6.51. The Hall–Kier alpha value is -3.75. The zero-order valence-electron chi connectivity index (χ0n) is 22.4. The van der Waals surface area contributed by atoms with Crippen molar-refractivity contribution >= 4 is 52.1 Å². The van der Waals surface area contributed by atoms with E-state index in [0.29, 0.717) is 44.5 Å². The molecule has 0 atom stereocenters. The molecule has 2 aliphatic rings. The minimum atomic E-state index is -0.218. The first-order valence-electron chi connectivity index (χ1n) is 13.1. The van der Waals surface area contributed by atoms with Crippen LogP contribution < -0.4 is 14.8 Å². The summed E-state index contributed by atoms with van der Waals surface area (Å²) in [6.07, 6.45) is 5.12. The monoisotopic (exact) mass is 575 g/mol. The Kier molecular flexibility index (Phi) is 8.77. The lowest BCUT2D eigenvalue weighted by molar-refractivity contribution is -0.115. The van der Waals surface area contributed by atoms with Crippen LogP contribution in [0.5, 0.6) is 11.5 Å². The molecule has 40 heavy (non-hydrogen) atoms. The summed E-state index contributed by atoms with van der Waals surface area (Å²) in [7, 11) is 1.58. The molecule has 5 rings (SSSR count). The van der Waals surface area contributed by atoms with Gasteiger partial charge in [-0.25, -0.2) is 4.99 Å². The Labute approximate surface area is 243 Å². The highest BCUT2D eigenvalue weighted by atomic mass is 35.5. The maximum Gasteiger partial charge on any atom is 0.264 e. The Morgan fingerprint density at radius 3 is 2.60 bits per heavy atom. The number of likely N-dealkylation sites (tertiary alicyclic amines) is 1. The Morgan fingerprint density at radius 1 is 1.07 bits per heavy atom. The fourth-order valence-corrected chi connectivity index (χ4v) is 5.54. The van der Waals surface area contributed by atoms with E-state index in [-0.39, 0.29) is 11.8 Å². The molecular formula is C31H30ClN3O4S. The van der Waals surface area contributed by atoms with Gasteiger partial charge in [0.1, 0.15) is 6.61 Å². The van der Waals surface area contributed by atoms with Gasteiger partial charge in [-0.05, 0) is 97.1 Å². The first-order valence-corrected chi connectivity index (χ1v) is 14.3. The van der Waals surface area contributed by atoms with Gasteiger partial charge in [0.25, 0.3) is 11.8 Å². The minimum absolute atomic E-state index is 0.0885. The molecule has 0 aromatic heterocycles. The number of aliphatic imine (C=N–C) groups is 1. The van der Waals surface area contributed by atoms with E-state index >= 15 is 0 Å². The van der Waals surface area contributed by atoms with Gasteiger partial charge < -0.3 is 19.7 Å². The normalized spacial score (nSPS) is 17.3. The molecule has 0 radical (unpaired) electrons. The lowest BCUT2D eigenvalue weighted by atomic mass is 10.1. The van der Waals surface area contributed by atoms with Crippen molar-refractivity contribution in [2.24, 2.45) is 4.99 Å². The van der Waals surface area contributed by atoms with Gasteiger partial charge in [-0.15, -0.1) is 0 Å². The molecule has 2 aliphatic heterocycles. The van der Waals surface area contributed by atoms with E-state index in [4.69, 9.17) is 21.1 Å². The summed E-state index contributed by atoms with van der Waals surface area (Å²) in [5.74, 6) is 1.01. The number of piperidine rings is 1. The highest BCUT2D eigenvalue weighted by Crippen LogP contribution is 2.34. The van der Waals surface area contributed by atoms with Crippen LogP contribution in [-0.4, -0.2) is 42.1 Å². The van der Waals surface area contributed by atoms with E-state index in [1.54, 1.807) is 13.2 Å². The van der Waals surface area contributed by atoms with Crippen LogP contribution in [0.25, 0.3) is 6.08 Å². The number of amidine groups is 1. The highest BCUT2D eigenvalue weighted by Gasteiger charge is 2.24. The van der Waals surface area contributed by atoms with Gasteiger partial charge in [0.2, 0.25) is 0 Å². The summed E-state index contributed by atoms with van der Waals surface area (Å²) in [6.45, 7) is 3.88. The standard InChI is InChI=1S/C31H30ClN3O4S/c1-20-24(32)7-6-8-25(20)33-31-34-29(36)28(40-31)18-22-11-14-26(27(17-22)38-2)39-19-21-9-12-23(13-10-21)30(37)35-15-4-3-5-16-35/h6-14,17-18H,3-5,15-16,19H2,1-2H3,(H,33,34,36)/b28-18-. The van der Waals surface area contributed by atoms with Crippen molar-refractivity contribution in [2.75, 3.05) is 20.2 Å². The van der Waals surface area contributed by atoms with Crippen LogP contribution in [0.4, 0.5) is 5.69 Å². The number of rotatable bonds is 7. The fourth-order valence-electron chi connectivity index (χ4n) is 4.54. The van der Waals surface area contributed by atoms with Crippen LogP contribution in [0.15, 0.2) is 70.6 Å². The number of nitrogens with zero attached hydrogens (tertiary/aromatic N) is 2. The minimum Gasteiger partial charge on any atom is -0.493 e. The summed E-state index contributed by atoms with van der Waals surface area (Å²) in [6, 6.07) is 18.6. The first-order chi connectivity index (χ1) is 19.4. The topological polar surface area (TPSA) is 80.2 Å². The average Bonchev–Trinajstić information content (AvgIpc) is 3.32. The lowest BCUT2D eigenvalue weighted by Crippen LogP contribution is -2.35. The molecule has 0 unspecified atom stereocenters. The van der Waals surface area contributed by atoms with Gasteiger partial charge in [-0.2, -0.15) is 0 Å². The predicted molar refractivity (Wildman–Crippen MR) is 161 cm³/mol. The van der Waals surface area contributed by atoms with Gasteiger partial charge >= 0.3 is 0 Å². The maximum absolute atomic E-state index is 12.7. The SMILES string of the molecule is COc1cc(/C=C2\SC(=Nc3cccc(Cl)c3C)NC2=O)ccc1OCc1ccc(C(=O)N2CCCCC2)cc1. The summed E-state index contributed by atoms with van der Waals surface area (Å²) in [5, 5.41) is 3.93. The molecule has 206 valence electrons. The number of hydrogen-bond donors (Lipinski definition) is 1. The van der Waals surface area contributed by atoms with Gasteiger partial charge in [-0.1, -0.05) is 35.9 Å². The molecule has 0 aliphatic carbocycles. The number of carbonyl (C=O) groups excluding carboxylic acids is 2. The number of carbonyl (C=O) groups is 2. The molecule has 0 saturated carbocycles. The summed E-state index contributed by atoms with van der Waals surface area (Å²) >= 11 is 7.46. The van der Waals surface area contributed by atoms with Crippen LogP contribution in [0.1, 0.15) is 46.3 Å². The molecule has 2 fully saturated rings. The van der Waals surface area contributed by atoms with Gasteiger partial charge in [-0.3, -0.25) is 9.59 Å². The zero-order valence-corrected chi connectivity index (χ0v) is 24.0. The van der Waals surface area contributed by atoms with Crippen LogP contribution in [0.3, 0.4) is 0 Å². The maximum atomic E-state index is 12.7. The average molecular weight is 576 g/mol. The third-order valence-electron chi connectivity index (χ3n) is 6.84. The van der Waals surface area contributed by atoms with Crippen molar-refractivity contribution in [3.63, 3.8) is 0 Å². The number of amides is 2. The molecule has 3 aromatic carbocycles. The summed E-state index contributed by atoms with van der Waals surface area (Å²) < 4.78 is 11.6. The zero-order chi connectivity index (χ0) is 28.1. The van der Waals surface area contributed by atoms with Crippen LogP contribution in [0.2, 0.25) is 5.02 Å². The van der Waals surface area contributed by atoms with Crippen molar-refractivity contribution in [1.29, 1.82) is 0 Å². The molecule has 2 amide bonds. The van der Waals surface area contributed by atoms with E-state index in [2.05, 4.69) is 10.3 Å². The first kappa shape index (κ1) is 27.8. The number of halogens is 1. The van der Waals surface area contributed by atoms with Crippen LogP contribution in [0, 0.1) is 6.92 Å². The van der Waals surface area contributed by atoms with Crippen molar-refractivity contribution in [1.82, 2.24) is 10.2 Å². The van der Waals surface area contributed by atoms with Crippen molar-refractivity contribution in [2.45, 2.75) is 32.8 Å². The summed E-state index contributed by atoms with van der Waals surface area (Å²) in [5.41, 5.74) is 4.01. The van der Waals surface area contributed by atoms with Crippen LogP contribution in [-0.2, 0) is 11.4 Å². The molecule has 1 N–H and O–H groups in total. The molecule has 2 saturated heterocycles. The van der Waals surface area contributed by atoms with Crippen molar-refractivity contribution < 1.29 is 19.1 Å². The van der Waals surface area contributed by atoms with Crippen molar-refractivity contribution in [3.8, 4) is 11.5 Å². The quantitative estimate of drug-likeness (QED) is 0.315. The number of methoxy groups -OCH3 is 1. The van der Waals surface area contributed by atoms with Crippen molar-refractivity contribution in [3.05, 3.63) is 92.8 Å². The van der Waals surface area contributed by atoms with E-state index in [0.717, 1.165) is 42.6 Å². The smallest absolute Gasteiger partial charge is 0.264 e. The predicted octanol–water partition coefficient (Wildman–Crippen LogP) is 6.75. The van der Waals surface area contributed by atoms with E-state index in [9.17, 15) is 9.59 Å². The lowest BCUT2D eigenvalue weighted by Gasteiger charge is -2.26.